The molecule has 1 aliphatic heterocycles. The molecule has 2 fully saturated rings. The van der Waals surface area contributed by atoms with E-state index in [1.165, 1.54) is 36.2 Å². The highest BCUT2D eigenvalue weighted by atomic mass is 15.3. The van der Waals surface area contributed by atoms with Crippen molar-refractivity contribution in [1.29, 1.82) is 0 Å². The van der Waals surface area contributed by atoms with E-state index >= 15 is 0 Å². The van der Waals surface area contributed by atoms with Crippen molar-refractivity contribution < 1.29 is 0 Å². The van der Waals surface area contributed by atoms with Gasteiger partial charge in [0.05, 0.1) is 11.4 Å². The zero-order valence-electron chi connectivity index (χ0n) is 12.2. The average molecular weight is 244 g/mol. The van der Waals surface area contributed by atoms with Gasteiger partial charge in [0.25, 0.3) is 0 Å². The number of fused-ring (bicyclic) bond motifs is 2. The quantitative estimate of drug-likeness (QED) is 0.747. The predicted octanol–water partition coefficient (Wildman–Crippen LogP) is 3.77. The van der Waals surface area contributed by atoms with E-state index in [-0.39, 0.29) is 0 Å². The average Bonchev–Trinajstić information content (AvgIpc) is 2.74. The molecule has 2 bridgehead atoms. The summed E-state index contributed by atoms with van der Waals surface area (Å²) in [7, 11) is 0. The maximum absolute atomic E-state index is 4.69. The van der Waals surface area contributed by atoms with Crippen molar-refractivity contribution in [2.75, 3.05) is 4.90 Å². The molecule has 3 rings (SSSR count). The van der Waals surface area contributed by atoms with Crippen LogP contribution in [0.15, 0.2) is 6.07 Å². The molecule has 1 saturated carbocycles. The van der Waals surface area contributed by atoms with Crippen LogP contribution in [-0.2, 0) is 0 Å². The lowest BCUT2D eigenvalue weighted by atomic mass is 9.95. The molecule has 0 spiro atoms. The van der Waals surface area contributed by atoms with Gasteiger partial charge in [0, 0.05) is 17.3 Å². The van der Waals surface area contributed by atoms with E-state index < -0.39 is 0 Å². The van der Waals surface area contributed by atoms with Gasteiger partial charge in [-0.05, 0) is 71.4 Å². The lowest BCUT2D eigenvalue weighted by molar-refractivity contribution is 0.401. The third-order valence-electron chi connectivity index (χ3n) is 5.15. The summed E-state index contributed by atoms with van der Waals surface area (Å²) in [6, 6.07) is 2.90. The van der Waals surface area contributed by atoms with Crippen molar-refractivity contribution in [2.24, 2.45) is 5.92 Å². The molecule has 2 unspecified atom stereocenters. The fraction of sp³-hybridized carbons (Fsp3) is 0.688. The molecule has 2 heteroatoms. The summed E-state index contributed by atoms with van der Waals surface area (Å²) in [5.41, 5.74) is 5.50. The Labute approximate surface area is 110 Å². The van der Waals surface area contributed by atoms with Gasteiger partial charge in [0.1, 0.15) is 0 Å². The summed E-state index contributed by atoms with van der Waals surface area (Å²) in [5, 5.41) is 0. The van der Waals surface area contributed by atoms with Gasteiger partial charge in [0.2, 0.25) is 0 Å². The molecule has 2 nitrogen and oxygen atoms in total. The minimum Gasteiger partial charge on any atom is -0.361 e. The minimum atomic E-state index is 0.372. The molecule has 98 valence electrons. The van der Waals surface area contributed by atoms with Crippen LogP contribution in [0.2, 0.25) is 0 Å². The second kappa shape index (κ2) is 3.72. The minimum absolute atomic E-state index is 0.372. The molecule has 2 heterocycles. The van der Waals surface area contributed by atoms with E-state index in [1.54, 1.807) is 0 Å². The number of anilines is 1. The highest BCUT2D eigenvalue weighted by Crippen LogP contribution is 2.52. The van der Waals surface area contributed by atoms with Crippen molar-refractivity contribution in [3.63, 3.8) is 0 Å². The molecule has 1 aliphatic carbocycles. The molecule has 0 N–H and O–H groups in total. The topological polar surface area (TPSA) is 16.1 Å². The number of hydrogen-bond donors (Lipinski definition) is 0. The van der Waals surface area contributed by atoms with Crippen molar-refractivity contribution in [3.05, 3.63) is 23.0 Å². The van der Waals surface area contributed by atoms with Gasteiger partial charge in [-0.25, -0.2) is 0 Å². The summed E-state index contributed by atoms with van der Waals surface area (Å²) in [6.45, 7) is 11.3. The van der Waals surface area contributed by atoms with Crippen LogP contribution in [0.25, 0.3) is 0 Å². The maximum atomic E-state index is 4.69. The summed E-state index contributed by atoms with van der Waals surface area (Å²) in [4.78, 5) is 7.37. The Morgan fingerprint density at radius 3 is 2.61 bits per heavy atom. The Morgan fingerprint density at radius 2 is 2.06 bits per heavy atom. The number of pyridine rings is 1. The molecule has 0 aromatic carbocycles. The van der Waals surface area contributed by atoms with Crippen LogP contribution >= 0.6 is 0 Å². The van der Waals surface area contributed by atoms with Crippen LogP contribution in [0.3, 0.4) is 0 Å². The van der Waals surface area contributed by atoms with E-state index in [2.05, 4.69) is 50.6 Å². The molecule has 1 aromatic heterocycles. The van der Waals surface area contributed by atoms with Crippen LogP contribution in [0.5, 0.6) is 0 Å². The van der Waals surface area contributed by atoms with E-state index in [4.69, 9.17) is 0 Å². The Bertz CT molecular complexity index is 471. The van der Waals surface area contributed by atoms with Crippen molar-refractivity contribution in [2.45, 2.75) is 65.5 Å². The van der Waals surface area contributed by atoms with Crippen LogP contribution in [0.1, 0.15) is 50.1 Å². The van der Waals surface area contributed by atoms with E-state index in [1.807, 2.05) is 0 Å². The van der Waals surface area contributed by atoms with Crippen LogP contribution in [-0.4, -0.2) is 16.6 Å². The number of rotatable bonds is 1. The monoisotopic (exact) mass is 244 g/mol. The first-order valence-corrected chi connectivity index (χ1v) is 7.16. The first kappa shape index (κ1) is 12.0. The van der Waals surface area contributed by atoms with Crippen LogP contribution < -0.4 is 4.90 Å². The molecule has 3 atom stereocenters. The molecule has 2 aliphatic rings. The first-order valence-electron chi connectivity index (χ1n) is 7.16. The first-order chi connectivity index (χ1) is 8.42. The van der Waals surface area contributed by atoms with Crippen LogP contribution in [0.4, 0.5) is 5.69 Å². The Hall–Kier alpha value is -1.05. The van der Waals surface area contributed by atoms with Crippen molar-refractivity contribution in [1.82, 2.24) is 4.98 Å². The van der Waals surface area contributed by atoms with Gasteiger partial charge >= 0.3 is 0 Å². The summed E-state index contributed by atoms with van der Waals surface area (Å²) in [5.74, 6) is 0.884. The molecule has 0 radical (unpaired) electrons. The summed E-state index contributed by atoms with van der Waals surface area (Å²) >= 11 is 0. The second-order valence-corrected chi connectivity index (χ2v) is 6.62. The van der Waals surface area contributed by atoms with Crippen molar-refractivity contribution in [3.8, 4) is 0 Å². The third-order valence-corrected chi connectivity index (χ3v) is 5.15. The molecule has 18 heavy (non-hydrogen) atoms. The van der Waals surface area contributed by atoms with Gasteiger partial charge in [-0.15, -0.1) is 0 Å². The van der Waals surface area contributed by atoms with E-state index in [0.29, 0.717) is 11.6 Å². The number of aryl methyl sites for hydroxylation is 3. The van der Waals surface area contributed by atoms with Gasteiger partial charge in [-0.3, -0.25) is 4.98 Å². The van der Waals surface area contributed by atoms with Gasteiger partial charge in [-0.2, -0.15) is 0 Å². The molecule has 1 aromatic rings. The molecule has 1 saturated heterocycles. The highest BCUT2D eigenvalue weighted by Gasteiger charge is 2.52. The Balaban J connectivity index is 2.11. The lowest BCUT2D eigenvalue weighted by Crippen LogP contribution is -2.47. The van der Waals surface area contributed by atoms with Gasteiger partial charge < -0.3 is 4.90 Å². The maximum Gasteiger partial charge on any atom is 0.0619 e. The van der Waals surface area contributed by atoms with Gasteiger partial charge in [0.15, 0.2) is 0 Å². The summed E-state index contributed by atoms with van der Waals surface area (Å²) in [6.07, 6.45) is 4.11. The molecular weight excluding hydrogens is 220 g/mol. The zero-order valence-corrected chi connectivity index (χ0v) is 12.2. The van der Waals surface area contributed by atoms with E-state index in [0.717, 1.165) is 11.6 Å². The number of hydrogen-bond acceptors (Lipinski definition) is 2. The SMILES string of the molecule is Cc1cc(C)c(N2[C@@H](C)C3CCC2(C)C3)c(C)n1. The number of piperidine rings is 1. The summed E-state index contributed by atoms with van der Waals surface area (Å²) < 4.78 is 0. The largest absolute Gasteiger partial charge is 0.361 e. The van der Waals surface area contributed by atoms with E-state index in [9.17, 15) is 0 Å². The van der Waals surface area contributed by atoms with Crippen molar-refractivity contribution >= 4 is 5.69 Å². The van der Waals surface area contributed by atoms with Gasteiger partial charge in [-0.1, -0.05) is 0 Å². The highest BCUT2D eigenvalue weighted by molar-refractivity contribution is 5.61. The zero-order chi connectivity index (χ0) is 13.1. The fourth-order valence-corrected chi connectivity index (χ4v) is 4.45. The molecule has 0 amide bonds. The molecular formula is C16H24N2. The third kappa shape index (κ3) is 1.51. The smallest absolute Gasteiger partial charge is 0.0619 e. The normalized spacial score (nSPS) is 34.4. The number of aromatic nitrogens is 1. The second-order valence-electron chi connectivity index (χ2n) is 6.62. The van der Waals surface area contributed by atoms with Crippen LogP contribution in [0, 0.1) is 26.7 Å². The number of nitrogens with zero attached hydrogens (tertiary/aromatic N) is 2. The Morgan fingerprint density at radius 1 is 1.33 bits per heavy atom. The standard InChI is InChI=1S/C16H24N2/c1-10-8-11(2)17-12(3)15(10)18-13(4)14-6-7-16(18,5)9-14/h8,13-14H,6-7,9H2,1-5H3/t13-,14?,16?/m0/s1. The fourth-order valence-electron chi connectivity index (χ4n) is 4.45. The Kier molecular flexibility index (Phi) is 2.48. The predicted molar refractivity (Wildman–Crippen MR) is 76.1 cm³/mol. The lowest BCUT2D eigenvalue weighted by Gasteiger charge is -2.43.